The summed E-state index contributed by atoms with van der Waals surface area (Å²) in [7, 11) is 4.94. The van der Waals surface area contributed by atoms with Crippen LogP contribution in [0.5, 0.6) is 17.2 Å². The molecule has 0 unspecified atom stereocenters. The summed E-state index contributed by atoms with van der Waals surface area (Å²) in [4.78, 5) is 54.3. The molecule has 0 aliphatic carbocycles. The fourth-order valence-electron chi connectivity index (χ4n) is 4.29. The van der Waals surface area contributed by atoms with Gasteiger partial charge in [0.2, 0.25) is 0 Å². The Morgan fingerprint density at radius 1 is 0.327 bits per heavy atom. The summed E-state index contributed by atoms with van der Waals surface area (Å²) in [6, 6.07) is 36.5. The topological polar surface area (TPSA) is 113 Å². The molecule has 0 heterocycles. The van der Waals surface area contributed by atoms with E-state index >= 15 is 0 Å². The highest BCUT2D eigenvalue weighted by Crippen LogP contribution is 2.24. The van der Waals surface area contributed by atoms with Crippen molar-refractivity contribution < 1.29 is 38.2 Å². The summed E-state index contributed by atoms with van der Waals surface area (Å²) < 4.78 is 15.2. The van der Waals surface area contributed by atoms with Crippen LogP contribution in [0.1, 0.15) is 116 Å². The van der Waals surface area contributed by atoms with Crippen molar-refractivity contribution in [2.45, 2.75) is 64.3 Å². The molecule has 0 aliphatic rings. The average Bonchev–Trinajstić information content (AvgIpc) is 3.15. The van der Waals surface area contributed by atoms with E-state index in [9.17, 15) is 24.0 Å². The minimum Gasteiger partial charge on any atom is -0.497 e. The van der Waals surface area contributed by atoms with Gasteiger partial charge in [-0.3, -0.25) is 24.0 Å². The third-order valence-electron chi connectivity index (χ3n) is 7.38. The van der Waals surface area contributed by atoms with Gasteiger partial charge in [0.1, 0.15) is 17.2 Å². The van der Waals surface area contributed by atoms with Gasteiger partial charge in [-0.25, -0.2) is 0 Å². The molecule has 5 aromatic carbocycles. The molecule has 0 fully saturated rings. The highest BCUT2D eigenvalue weighted by Gasteiger charge is 2.03. The zero-order chi connectivity index (χ0) is 37.9. The first kappa shape index (κ1) is 53.2. The van der Waals surface area contributed by atoms with Gasteiger partial charge < -0.3 is 14.2 Å². The van der Waals surface area contributed by atoms with Crippen molar-refractivity contribution in [3.63, 3.8) is 0 Å². The van der Waals surface area contributed by atoms with Crippen LogP contribution in [-0.2, 0) is 0 Å². The number of benzene rings is 5. The number of carbonyl (C=O) groups is 5. The fraction of sp³-hybridized carbons (Fsp3) is 0.255. The molecule has 0 aromatic heterocycles. The van der Waals surface area contributed by atoms with Gasteiger partial charge in [0.25, 0.3) is 0 Å². The van der Waals surface area contributed by atoms with E-state index in [-0.39, 0.29) is 58.6 Å². The summed E-state index contributed by atoms with van der Waals surface area (Å²) in [5, 5.41) is 0. The molecule has 8 nitrogen and oxygen atoms in total. The number of Topliss-reactive ketones (excluding diaryl/α,β-unsaturated/α-hetero) is 5. The maximum Gasteiger partial charge on any atom is 0.159 e. The van der Waals surface area contributed by atoms with E-state index < -0.39 is 0 Å². The van der Waals surface area contributed by atoms with Crippen molar-refractivity contribution in [1.29, 1.82) is 0 Å². The Morgan fingerprint density at radius 2 is 0.545 bits per heavy atom. The Bertz CT molecular complexity index is 1780. The molecule has 0 atom stereocenters. The predicted molar refractivity (Wildman–Crippen MR) is 228 cm³/mol. The smallest absolute Gasteiger partial charge is 0.159 e. The quantitative estimate of drug-likeness (QED) is 0.137. The molecular formula is C47H60O8. The largest absolute Gasteiger partial charge is 0.497 e. The lowest BCUT2D eigenvalue weighted by Gasteiger charge is -2.05. The van der Waals surface area contributed by atoms with E-state index in [0.29, 0.717) is 27.8 Å². The summed E-state index contributed by atoms with van der Waals surface area (Å²) in [5.41, 5.74) is 5.50. The Labute approximate surface area is 329 Å². The van der Waals surface area contributed by atoms with E-state index in [0.717, 1.165) is 17.2 Å². The van der Waals surface area contributed by atoms with Crippen LogP contribution < -0.4 is 14.2 Å². The first-order valence-electron chi connectivity index (χ1n) is 16.0. The van der Waals surface area contributed by atoms with Gasteiger partial charge in [0, 0.05) is 27.8 Å². The maximum absolute atomic E-state index is 10.9. The molecule has 0 radical (unpaired) electrons. The average molecular weight is 753 g/mol. The van der Waals surface area contributed by atoms with Gasteiger partial charge in [-0.05, 0) is 100 Å². The van der Waals surface area contributed by atoms with Crippen LogP contribution >= 0.6 is 0 Å². The van der Waals surface area contributed by atoms with Crippen LogP contribution in [0.15, 0.2) is 121 Å². The molecule has 0 saturated heterocycles. The third-order valence-corrected chi connectivity index (χ3v) is 7.38. The number of methoxy groups -OCH3 is 3. The molecule has 55 heavy (non-hydrogen) atoms. The molecule has 5 aromatic rings. The van der Waals surface area contributed by atoms with E-state index in [1.807, 2.05) is 48.5 Å². The monoisotopic (exact) mass is 752 g/mol. The van der Waals surface area contributed by atoms with Crippen LogP contribution in [0.25, 0.3) is 11.1 Å². The zero-order valence-electron chi connectivity index (χ0n) is 30.3. The number of carbonyl (C=O) groups excluding carboxylic acids is 5. The van der Waals surface area contributed by atoms with E-state index in [2.05, 4.69) is 0 Å². The third kappa shape index (κ3) is 18.4. The number of hydrogen-bond donors (Lipinski definition) is 0. The fourth-order valence-corrected chi connectivity index (χ4v) is 4.29. The normalized spacial score (nSPS) is 8.87. The lowest BCUT2D eigenvalue weighted by molar-refractivity contribution is 0.100. The second-order valence-corrected chi connectivity index (χ2v) is 11.1. The molecule has 0 N–H and O–H groups in total. The minimum absolute atomic E-state index is 0. The summed E-state index contributed by atoms with van der Waals surface area (Å²) in [6.07, 6.45) is 0. The standard InChI is InChI=1S/C14H14O2.2C10H10O2.C9H10O2.4CH4/c1-15-13-7-3-11(4-8-13)12-5-9-14(16-2)10-6-12;1-7(11)9-3-5-10(6-4-9)8(2)12;1-7(11)9-4-3-5-10(6-9)8(2)12;1-7(10)8-3-5-9(11-2)6-4-8;;;;/h3-10H,1-2H3;2*3-6H,1-2H3;3-6H,1-2H3;4*1H4. The second kappa shape index (κ2) is 27.5. The van der Waals surface area contributed by atoms with Gasteiger partial charge in [-0.1, -0.05) is 96.4 Å². The number of rotatable bonds is 9. The van der Waals surface area contributed by atoms with E-state index in [4.69, 9.17) is 14.2 Å². The SMILES string of the molecule is C.C.C.C.CC(=O)c1ccc(C(C)=O)cc1.CC(=O)c1cccc(C(C)=O)c1.COc1ccc(-c2ccc(OC)cc2)cc1.COc1ccc(C(C)=O)cc1. The molecule has 5 rings (SSSR count). The number of ether oxygens (including phenoxy) is 3. The van der Waals surface area contributed by atoms with Crippen molar-refractivity contribution in [2.24, 2.45) is 0 Å². The Kier molecular flexibility index (Phi) is 26.6. The lowest BCUT2D eigenvalue weighted by Crippen LogP contribution is -1.96. The summed E-state index contributed by atoms with van der Waals surface area (Å²) >= 11 is 0. The first-order chi connectivity index (χ1) is 24.3. The van der Waals surface area contributed by atoms with Crippen molar-refractivity contribution in [1.82, 2.24) is 0 Å². The Hall–Kier alpha value is -6.15. The highest BCUT2D eigenvalue weighted by molar-refractivity contribution is 5.99. The minimum atomic E-state index is -0.0156. The Morgan fingerprint density at radius 3 is 0.764 bits per heavy atom. The molecule has 0 amide bonds. The van der Waals surface area contributed by atoms with Crippen molar-refractivity contribution in [3.8, 4) is 28.4 Å². The maximum atomic E-state index is 10.9. The molecular weight excluding hydrogens is 693 g/mol. The molecule has 296 valence electrons. The zero-order valence-corrected chi connectivity index (χ0v) is 30.3. The van der Waals surface area contributed by atoms with Crippen LogP contribution in [0.3, 0.4) is 0 Å². The molecule has 0 spiro atoms. The summed E-state index contributed by atoms with van der Waals surface area (Å²) in [6.45, 7) is 7.52. The van der Waals surface area contributed by atoms with Gasteiger partial charge in [-0.15, -0.1) is 0 Å². The van der Waals surface area contributed by atoms with E-state index in [1.54, 1.807) is 101 Å². The molecule has 0 aliphatic heterocycles. The van der Waals surface area contributed by atoms with Gasteiger partial charge in [0.15, 0.2) is 28.9 Å². The van der Waals surface area contributed by atoms with Gasteiger partial charge in [0.05, 0.1) is 21.3 Å². The molecule has 8 heteroatoms. The Balaban J connectivity index is -0.000000647. The number of ketones is 5. The second-order valence-electron chi connectivity index (χ2n) is 11.1. The van der Waals surface area contributed by atoms with Gasteiger partial charge >= 0.3 is 0 Å². The lowest BCUT2D eigenvalue weighted by atomic mass is 10.1. The predicted octanol–water partition coefficient (Wildman–Crippen LogP) is 12.0. The first-order valence-corrected chi connectivity index (χ1v) is 16.0. The van der Waals surface area contributed by atoms with Gasteiger partial charge in [-0.2, -0.15) is 0 Å². The van der Waals surface area contributed by atoms with Crippen LogP contribution in [0.2, 0.25) is 0 Å². The highest BCUT2D eigenvalue weighted by atomic mass is 16.5. The van der Waals surface area contributed by atoms with E-state index in [1.165, 1.54) is 38.8 Å². The van der Waals surface area contributed by atoms with Crippen LogP contribution in [-0.4, -0.2) is 50.2 Å². The van der Waals surface area contributed by atoms with Crippen molar-refractivity contribution in [3.05, 3.63) is 149 Å². The molecule has 0 saturated carbocycles. The molecule has 0 bridgehead atoms. The number of hydrogen-bond acceptors (Lipinski definition) is 8. The van der Waals surface area contributed by atoms with Crippen molar-refractivity contribution >= 4 is 28.9 Å². The van der Waals surface area contributed by atoms with Crippen LogP contribution in [0, 0.1) is 0 Å². The van der Waals surface area contributed by atoms with Crippen LogP contribution in [0.4, 0.5) is 0 Å². The summed E-state index contributed by atoms with van der Waals surface area (Å²) in [5.74, 6) is 2.60. The van der Waals surface area contributed by atoms with Crippen molar-refractivity contribution in [2.75, 3.05) is 21.3 Å².